The molecule has 4 heteroatoms. The number of hydrogen-bond donors (Lipinski definition) is 1. The van der Waals surface area contributed by atoms with E-state index in [0.29, 0.717) is 12.6 Å². The molecule has 0 aliphatic carbocycles. The van der Waals surface area contributed by atoms with Crippen LogP contribution in [0.15, 0.2) is 18.2 Å². The van der Waals surface area contributed by atoms with Crippen molar-refractivity contribution in [3.8, 4) is 5.75 Å². The molecule has 0 spiro atoms. The molecule has 2 N–H and O–H groups in total. The Hall–Kier alpha value is -1.26. The van der Waals surface area contributed by atoms with E-state index in [2.05, 4.69) is 11.8 Å². The molecule has 4 nitrogen and oxygen atoms in total. The van der Waals surface area contributed by atoms with Crippen LogP contribution < -0.4 is 10.5 Å². The average Bonchev–Trinajstić information content (AvgIpc) is 2.36. The summed E-state index contributed by atoms with van der Waals surface area (Å²) in [7, 11) is 0. The summed E-state index contributed by atoms with van der Waals surface area (Å²) >= 11 is 0. The Morgan fingerprint density at radius 2 is 2.33 bits per heavy atom. The van der Waals surface area contributed by atoms with Crippen molar-refractivity contribution in [2.75, 3.05) is 32.1 Å². The third kappa shape index (κ3) is 3.15. The summed E-state index contributed by atoms with van der Waals surface area (Å²) in [4.78, 5) is 2.40. The fraction of sp³-hybridized carbons (Fsp3) is 0.571. The van der Waals surface area contributed by atoms with Gasteiger partial charge in [-0.1, -0.05) is 0 Å². The molecule has 1 saturated heterocycles. The van der Waals surface area contributed by atoms with Gasteiger partial charge in [0.2, 0.25) is 0 Å². The number of nitrogens with two attached hydrogens (primary N) is 1. The lowest BCUT2D eigenvalue weighted by atomic mass is 10.1. The average molecular weight is 250 g/mol. The Balaban J connectivity index is 2.13. The van der Waals surface area contributed by atoms with E-state index in [1.54, 1.807) is 0 Å². The molecular formula is C14H22N2O2. The van der Waals surface area contributed by atoms with Crippen LogP contribution in [0.4, 0.5) is 5.69 Å². The lowest BCUT2D eigenvalue weighted by molar-refractivity contribution is -0.00468. The van der Waals surface area contributed by atoms with Crippen LogP contribution in [0.3, 0.4) is 0 Å². The molecule has 1 aliphatic rings. The predicted octanol–water partition coefficient (Wildman–Crippen LogP) is 1.89. The molecule has 2 rings (SSSR count). The van der Waals surface area contributed by atoms with Crippen molar-refractivity contribution in [3.63, 3.8) is 0 Å². The van der Waals surface area contributed by atoms with E-state index in [1.165, 1.54) is 0 Å². The van der Waals surface area contributed by atoms with Gasteiger partial charge in [0.1, 0.15) is 5.75 Å². The summed E-state index contributed by atoms with van der Waals surface area (Å²) in [5.41, 5.74) is 7.81. The Morgan fingerprint density at radius 1 is 1.50 bits per heavy atom. The van der Waals surface area contributed by atoms with Gasteiger partial charge in [0.25, 0.3) is 0 Å². The van der Waals surface area contributed by atoms with Crippen LogP contribution in [-0.4, -0.2) is 37.3 Å². The first-order valence-electron chi connectivity index (χ1n) is 6.53. The second kappa shape index (κ2) is 6.07. The number of morpholine rings is 1. The summed E-state index contributed by atoms with van der Waals surface area (Å²) in [6.07, 6.45) is 0. The van der Waals surface area contributed by atoms with E-state index in [-0.39, 0.29) is 0 Å². The molecule has 1 aromatic carbocycles. The number of benzene rings is 1. The first kappa shape index (κ1) is 13.2. The zero-order valence-electron chi connectivity index (χ0n) is 11.2. The fourth-order valence-corrected chi connectivity index (χ4v) is 2.23. The van der Waals surface area contributed by atoms with Crippen LogP contribution in [0.5, 0.6) is 5.75 Å². The number of ether oxygens (including phenoxy) is 2. The Kier molecular flexibility index (Phi) is 4.44. The van der Waals surface area contributed by atoms with Gasteiger partial charge < -0.3 is 15.2 Å². The molecule has 0 aromatic heterocycles. The molecule has 1 aliphatic heterocycles. The normalized spacial score (nSPS) is 20.9. The van der Waals surface area contributed by atoms with Gasteiger partial charge in [0, 0.05) is 30.4 Å². The fourth-order valence-electron chi connectivity index (χ4n) is 2.23. The summed E-state index contributed by atoms with van der Waals surface area (Å²) < 4.78 is 11.1. The second-order valence-corrected chi connectivity index (χ2v) is 4.69. The minimum Gasteiger partial charge on any atom is -0.494 e. The topological polar surface area (TPSA) is 47.7 Å². The van der Waals surface area contributed by atoms with Crippen LogP contribution in [0.1, 0.15) is 19.4 Å². The molecule has 0 saturated carbocycles. The maximum Gasteiger partial charge on any atom is 0.123 e. The first-order chi connectivity index (χ1) is 8.70. The Morgan fingerprint density at radius 3 is 3.06 bits per heavy atom. The van der Waals surface area contributed by atoms with Crippen LogP contribution in [0, 0.1) is 0 Å². The highest BCUT2D eigenvalue weighted by Gasteiger charge is 2.20. The highest BCUT2D eigenvalue weighted by molar-refractivity contribution is 5.47. The predicted molar refractivity (Wildman–Crippen MR) is 72.7 cm³/mol. The van der Waals surface area contributed by atoms with Gasteiger partial charge in [-0.15, -0.1) is 0 Å². The first-order valence-corrected chi connectivity index (χ1v) is 6.53. The minimum atomic E-state index is 0.439. The maximum absolute atomic E-state index is 5.86. The molecule has 0 amide bonds. The molecular weight excluding hydrogens is 228 g/mol. The van der Waals surface area contributed by atoms with E-state index in [4.69, 9.17) is 15.2 Å². The quantitative estimate of drug-likeness (QED) is 0.829. The van der Waals surface area contributed by atoms with Crippen molar-refractivity contribution in [3.05, 3.63) is 23.8 Å². The smallest absolute Gasteiger partial charge is 0.123 e. The molecule has 0 radical (unpaired) electrons. The van der Waals surface area contributed by atoms with Gasteiger partial charge in [-0.2, -0.15) is 0 Å². The summed E-state index contributed by atoms with van der Waals surface area (Å²) in [6.45, 7) is 8.29. The van der Waals surface area contributed by atoms with Crippen molar-refractivity contribution >= 4 is 5.69 Å². The van der Waals surface area contributed by atoms with Crippen LogP contribution >= 0.6 is 0 Å². The molecule has 1 atom stereocenters. The van der Waals surface area contributed by atoms with Gasteiger partial charge in [-0.3, -0.25) is 4.90 Å². The highest BCUT2D eigenvalue weighted by Crippen LogP contribution is 2.24. The van der Waals surface area contributed by atoms with E-state index < -0.39 is 0 Å². The minimum absolute atomic E-state index is 0.439. The number of nitrogens with zero attached hydrogens (tertiary/aromatic N) is 1. The van der Waals surface area contributed by atoms with Gasteiger partial charge >= 0.3 is 0 Å². The maximum atomic E-state index is 5.86. The third-order valence-corrected chi connectivity index (χ3v) is 3.26. The number of nitrogen functional groups attached to an aromatic ring is 1. The zero-order chi connectivity index (χ0) is 13.0. The molecule has 1 fully saturated rings. The van der Waals surface area contributed by atoms with E-state index in [1.807, 2.05) is 25.1 Å². The lowest BCUT2D eigenvalue weighted by Gasteiger charge is -2.33. The van der Waals surface area contributed by atoms with Crippen LogP contribution in [0.2, 0.25) is 0 Å². The summed E-state index contributed by atoms with van der Waals surface area (Å²) in [5.74, 6) is 0.936. The van der Waals surface area contributed by atoms with Crippen molar-refractivity contribution in [2.24, 2.45) is 0 Å². The van der Waals surface area contributed by atoms with Gasteiger partial charge in [0.15, 0.2) is 0 Å². The molecule has 1 heterocycles. The Labute approximate surface area is 109 Å². The number of anilines is 1. The summed E-state index contributed by atoms with van der Waals surface area (Å²) in [5, 5.41) is 0. The number of rotatable bonds is 4. The monoisotopic (exact) mass is 250 g/mol. The summed E-state index contributed by atoms with van der Waals surface area (Å²) in [6, 6.07) is 6.29. The van der Waals surface area contributed by atoms with E-state index in [0.717, 1.165) is 43.3 Å². The Bertz CT molecular complexity index is 395. The number of hydrogen-bond acceptors (Lipinski definition) is 4. The highest BCUT2D eigenvalue weighted by atomic mass is 16.5. The van der Waals surface area contributed by atoms with E-state index >= 15 is 0 Å². The van der Waals surface area contributed by atoms with Gasteiger partial charge in [-0.05, 0) is 32.0 Å². The van der Waals surface area contributed by atoms with Crippen LogP contribution in [-0.2, 0) is 11.3 Å². The molecule has 18 heavy (non-hydrogen) atoms. The third-order valence-electron chi connectivity index (χ3n) is 3.26. The van der Waals surface area contributed by atoms with Crippen molar-refractivity contribution in [2.45, 2.75) is 26.4 Å². The molecule has 1 unspecified atom stereocenters. The molecule has 100 valence electrons. The van der Waals surface area contributed by atoms with Crippen molar-refractivity contribution in [1.29, 1.82) is 0 Å². The van der Waals surface area contributed by atoms with E-state index in [9.17, 15) is 0 Å². The second-order valence-electron chi connectivity index (χ2n) is 4.69. The van der Waals surface area contributed by atoms with Gasteiger partial charge in [-0.25, -0.2) is 0 Å². The van der Waals surface area contributed by atoms with Crippen molar-refractivity contribution in [1.82, 2.24) is 4.90 Å². The van der Waals surface area contributed by atoms with Crippen molar-refractivity contribution < 1.29 is 9.47 Å². The SMILES string of the molecule is CCOc1ccc(N)cc1CN1CCOCC1C. The standard InChI is InChI=1S/C14H22N2O2/c1-3-18-14-5-4-13(15)8-12(14)9-16-6-7-17-10-11(16)2/h4-5,8,11H,3,6-7,9-10,15H2,1-2H3. The molecule has 0 bridgehead atoms. The van der Waals surface area contributed by atoms with Crippen LogP contribution in [0.25, 0.3) is 0 Å². The zero-order valence-corrected chi connectivity index (χ0v) is 11.2. The largest absolute Gasteiger partial charge is 0.494 e. The van der Waals surface area contributed by atoms with Gasteiger partial charge in [0.05, 0.1) is 19.8 Å². The lowest BCUT2D eigenvalue weighted by Crippen LogP contribution is -2.42. The molecule has 1 aromatic rings.